The summed E-state index contributed by atoms with van der Waals surface area (Å²) in [5.74, 6) is -0.477. The summed E-state index contributed by atoms with van der Waals surface area (Å²) in [5.41, 5.74) is 0.0943. The van der Waals surface area contributed by atoms with Crippen molar-refractivity contribution < 1.29 is 32.1 Å². The molecule has 1 unspecified atom stereocenters. The molecule has 0 spiro atoms. The number of carbonyl (C=O) groups is 3. The van der Waals surface area contributed by atoms with Gasteiger partial charge in [0.1, 0.15) is 0 Å². The third kappa shape index (κ3) is 4.63. The second-order valence-electron chi connectivity index (χ2n) is 9.04. The van der Waals surface area contributed by atoms with Gasteiger partial charge in [0.15, 0.2) is 11.5 Å². The Kier molecular flexibility index (Phi) is 6.43. The molecule has 12 heteroatoms. The van der Waals surface area contributed by atoms with Crippen LogP contribution in [0.3, 0.4) is 0 Å². The van der Waals surface area contributed by atoms with E-state index in [1.807, 2.05) is 6.07 Å². The zero-order chi connectivity index (χ0) is 27.9. The molecular formula is C27H20F3N5O4. The number of hydrogen-bond donors (Lipinski definition) is 1. The van der Waals surface area contributed by atoms with Gasteiger partial charge in [0.05, 0.1) is 41.7 Å². The number of carbonyl (C=O) groups excluding carboxylic acids is 3. The van der Waals surface area contributed by atoms with Crippen molar-refractivity contribution in [1.29, 1.82) is 5.26 Å². The van der Waals surface area contributed by atoms with E-state index < -0.39 is 29.7 Å². The van der Waals surface area contributed by atoms with E-state index in [2.05, 4.69) is 10.5 Å². The Hall–Kier alpha value is -4.92. The molecule has 0 saturated carbocycles. The first-order chi connectivity index (χ1) is 18.6. The number of alkyl halides is 3. The fourth-order valence-corrected chi connectivity index (χ4v) is 4.89. The van der Waals surface area contributed by atoms with Gasteiger partial charge in [-0.25, -0.2) is 4.79 Å². The van der Waals surface area contributed by atoms with Crippen molar-refractivity contribution in [2.75, 3.05) is 11.9 Å². The molecule has 1 aliphatic heterocycles. The first-order valence-corrected chi connectivity index (χ1v) is 11.8. The summed E-state index contributed by atoms with van der Waals surface area (Å²) in [4.78, 5) is 42.4. The van der Waals surface area contributed by atoms with Crippen LogP contribution < -0.4 is 10.2 Å². The van der Waals surface area contributed by atoms with Crippen LogP contribution in [0.2, 0.25) is 0 Å². The number of hydrogen-bond acceptors (Lipinski definition) is 6. The average molecular weight is 535 g/mol. The standard InChI is InChI=1S/C27H20F3N5O4/c1-34-24(19-6-5-15(13-31)11-20(19)25(37)32-14-18-9-10-33-39-18)23-21(7-8-22(23)36)35(26(34)38)17-4-2-3-16(12-17)27(28,29)30/h2-6,9-12,24H,7-8,14H2,1H3,(H,32,37). The number of Topliss-reactive ketones (excluding diaryl/α,β-unsaturated/α-hetero) is 1. The minimum absolute atomic E-state index is 0.00465. The molecule has 2 aliphatic rings. The van der Waals surface area contributed by atoms with E-state index in [4.69, 9.17) is 4.52 Å². The van der Waals surface area contributed by atoms with Crippen molar-refractivity contribution >= 4 is 23.4 Å². The van der Waals surface area contributed by atoms with E-state index in [1.54, 1.807) is 6.07 Å². The molecule has 0 fully saturated rings. The number of halogens is 3. The van der Waals surface area contributed by atoms with Gasteiger partial charge in [-0.15, -0.1) is 0 Å². The molecule has 5 rings (SSSR count). The molecule has 2 aromatic carbocycles. The largest absolute Gasteiger partial charge is 0.416 e. The molecule has 3 aromatic rings. The third-order valence-electron chi connectivity index (χ3n) is 6.69. The van der Waals surface area contributed by atoms with E-state index in [1.165, 1.54) is 48.5 Å². The Labute approximate surface area is 220 Å². The van der Waals surface area contributed by atoms with Gasteiger partial charge >= 0.3 is 12.2 Å². The number of amides is 3. The number of nitriles is 1. The second-order valence-corrected chi connectivity index (χ2v) is 9.04. The van der Waals surface area contributed by atoms with Gasteiger partial charge < -0.3 is 14.7 Å². The lowest BCUT2D eigenvalue weighted by Crippen LogP contribution is -2.48. The van der Waals surface area contributed by atoms with Crippen molar-refractivity contribution in [1.82, 2.24) is 15.4 Å². The van der Waals surface area contributed by atoms with E-state index in [-0.39, 0.29) is 53.3 Å². The van der Waals surface area contributed by atoms with Crippen LogP contribution in [0, 0.1) is 11.3 Å². The number of anilines is 1. The number of benzene rings is 2. The van der Waals surface area contributed by atoms with Crippen molar-refractivity contribution in [2.45, 2.75) is 31.6 Å². The van der Waals surface area contributed by atoms with Crippen molar-refractivity contribution in [3.63, 3.8) is 0 Å². The predicted molar refractivity (Wildman–Crippen MR) is 130 cm³/mol. The highest BCUT2D eigenvalue weighted by Gasteiger charge is 2.45. The Morgan fingerprint density at radius 1 is 1.18 bits per heavy atom. The molecule has 1 aromatic heterocycles. The summed E-state index contributed by atoms with van der Waals surface area (Å²) >= 11 is 0. The highest BCUT2D eigenvalue weighted by atomic mass is 19.4. The summed E-state index contributed by atoms with van der Waals surface area (Å²) in [6, 6.07) is 10.6. The Morgan fingerprint density at radius 3 is 2.67 bits per heavy atom. The monoisotopic (exact) mass is 535 g/mol. The normalized spacial score (nSPS) is 17.4. The topological polar surface area (TPSA) is 120 Å². The molecule has 1 N–H and O–H groups in total. The van der Waals surface area contributed by atoms with Crippen LogP contribution in [0.5, 0.6) is 0 Å². The summed E-state index contributed by atoms with van der Waals surface area (Å²) in [6.07, 6.45) is -3.00. The number of ketones is 1. The van der Waals surface area contributed by atoms with Crippen LogP contribution in [0.1, 0.15) is 51.7 Å². The maximum absolute atomic E-state index is 13.7. The number of allylic oxidation sites excluding steroid dienone is 1. The van der Waals surface area contributed by atoms with Crippen molar-refractivity contribution in [3.8, 4) is 6.07 Å². The number of aromatic nitrogens is 1. The number of nitrogens with zero attached hydrogens (tertiary/aromatic N) is 4. The molecular weight excluding hydrogens is 515 g/mol. The molecule has 1 atom stereocenters. The average Bonchev–Trinajstić information content (AvgIpc) is 3.58. The van der Waals surface area contributed by atoms with Crippen molar-refractivity contribution in [3.05, 3.63) is 94.0 Å². The molecule has 2 heterocycles. The molecule has 3 amide bonds. The summed E-state index contributed by atoms with van der Waals surface area (Å²) < 4.78 is 45.2. The van der Waals surface area contributed by atoms with E-state index >= 15 is 0 Å². The molecule has 9 nitrogen and oxygen atoms in total. The first kappa shape index (κ1) is 25.7. The lowest BCUT2D eigenvalue weighted by atomic mass is 9.89. The van der Waals surface area contributed by atoms with E-state index in [0.29, 0.717) is 11.3 Å². The second kappa shape index (κ2) is 9.75. The molecule has 0 bridgehead atoms. The highest BCUT2D eigenvalue weighted by molar-refractivity contribution is 6.09. The SMILES string of the molecule is CN1C(=O)N(c2cccc(C(F)(F)F)c2)C2=C(C(=O)CC2)C1c1ccc(C#N)cc1C(=O)NCc1ccno1. The lowest BCUT2D eigenvalue weighted by Gasteiger charge is -2.41. The van der Waals surface area contributed by atoms with Gasteiger partial charge in [0, 0.05) is 36.4 Å². The van der Waals surface area contributed by atoms with Gasteiger partial charge in [0.25, 0.3) is 5.91 Å². The molecule has 0 saturated heterocycles. The number of likely N-dealkylation sites (N-methyl/N-ethyl adjacent to an activating group) is 1. The first-order valence-electron chi connectivity index (χ1n) is 11.8. The zero-order valence-corrected chi connectivity index (χ0v) is 20.5. The van der Waals surface area contributed by atoms with Gasteiger partial charge in [-0.3, -0.25) is 14.5 Å². The van der Waals surface area contributed by atoms with E-state index in [9.17, 15) is 32.8 Å². The Bertz CT molecular complexity index is 1560. The minimum Gasteiger partial charge on any atom is -0.360 e. The summed E-state index contributed by atoms with van der Waals surface area (Å²) in [7, 11) is 1.41. The predicted octanol–water partition coefficient (Wildman–Crippen LogP) is 4.73. The lowest BCUT2D eigenvalue weighted by molar-refractivity contribution is -0.137. The fourth-order valence-electron chi connectivity index (χ4n) is 4.89. The van der Waals surface area contributed by atoms with E-state index in [0.717, 1.165) is 17.0 Å². The van der Waals surface area contributed by atoms with Gasteiger partial charge in [-0.1, -0.05) is 17.3 Å². The van der Waals surface area contributed by atoms with Crippen molar-refractivity contribution in [2.24, 2.45) is 0 Å². The van der Waals surface area contributed by atoms with Crippen LogP contribution in [-0.4, -0.2) is 34.8 Å². The van der Waals surface area contributed by atoms with Crippen LogP contribution >= 0.6 is 0 Å². The maximum atomic E-state index is 13.7. The Balaban J connectivity index is 1.60. The molecule has 1 aliphatic carbocycles. The number of rotatable bonds is 5. The minimum atomic E-state index is -4.62. The summed E-state index contributed by atoms with van der Waals surface area (Å²) in [5, 5.41) is 15.7. The zero-order valence-electron chi connectivity index (χ0n) is 20.5. The van der Waals surface area contributed by atoms with Crippen LogP contribution in [0.15, 0.2) is 70.5 Å². The molecule has 198 valence electrons. The van der Waals surface area contributed by atoms with Crippen LogP contribution in [-0.2, 0) is 17.5 Å². The van der Waals surface area contributed by atoms with Crippen LogP contribution in [0.4, 0.5) is 23.7 Å². The maximum Gasteiger partial charge on any atom is 0.416 e. The highest BCUT2D eigenvalue weighted by Crippen LogP contribution is 2.45. The Morgan fingerprint density at radius 2 is 1.97 bits per heavy atom. The summed E-state index contributed by atoms with van der Waals surface area (Å²) in [6.45, 7) is 0.00465. The van der Waals surface area contributed by atoms with Gasteiger partial charge in [-0.05, 0) is 42.3 Å². The number of urea groups is 1. The molecule has 0 radical (unpaired) electrons. The van der Waals surface area contributed by atoms with Gasteiger partial charge in [-0.2, -0.15) is 18.4 Å². The fraction of sp³-hybridized carbons (Fsp3) is 0.222. The van der Waals surface area contributed by atoms with Crippen LogP contribution in [0.25, 0.3) is 0 Å². The third-order valence-corrected chi connectivity index (χ3v) is 6.69. The van der Waals surface area contributed by atoms with Gasteiger partial charge in [0.2, 0.25) is 0 Å². The smallest absolute Gasteiger partial charge is 0.360 e. The number of nitrogens with one attached hydrogen (secondary N) is 1. The molecule has 39 heavy (non-hydrogen) atoms. The quantitative estimate of drug-likeness (QED) is 0.505.